The summed E-state index contributed by atoms with van der Waals surface area (Å²) in [6.45, 7) is 12.9. The van der Waals surface area contributed by atoms with Crippen molar-refractivity contribution in [3.05, 3.63) is 35.4 Å². The summed E-state index contributed by atoms with van der Waals surface area (Å²) in [6, 6.07) is 8.55. The minimum atomic E-state index is 0. The van der Waals surface area contributed by atoms with Crippen LogP contribution in [0.15, 0.2) is 29.3 Å². The van der Waals surface area contributed by atoms with Crippen molar-refractivity contribution in [2.24, 2.45) is 10.9 Å². The third-order valence-corrected chi connectivity index (χ3v) is 3.72. The Bertz CT molecular complexity index is 546. The molecule has 142 valence electrons. The molecule has 1 atom stereocenters. The van der Waals surface area contributed by atoms with Crippen LogP contribution in [0.25, 0.3) is 0 Å². The monoisotopic (exact) mass is 460 g/mol. The molecule has 1 amide bonds. The number of halogens is 1. The molecule has 0 aliphatic carbocycles. The maximum atomic E-state index is 11.5. The molecule has 5 nitrogen and oxygen atoms in total. The minimum absolute atomic E-state index is 0. The van der Waals surface area contributed by atoms with E-state index in [4.69, 9.17) is 0 Å². The van der Waals surface area contributed by atoms with Crippen LogP contribution in [0.4, 0.5) is 0 Å². The van der Waals surface area contributed by atoms with Gasteiger partial charge in [0.15, 0.2) is 5.96 Å². The minimum Gasteiger partial charge on any atom is -0.357 e. The lowest BCUT2D eigenvalue weighted by Crippen LogP contribution is -2.42. The molecular weight excluding hydrogens is 427 g/mol. The summed E-state index contributed by atoms with van der Waals surface area (Å²) in [7, 11) is 0. The third-order valence-electron chi connectivity index (χ3n) is 3.72. The molecule has 1 unspecified atom stereocenters. The standard InChI is InChI=1S/C19H32N4O.HI/c1-6-20-19(22-11-10-21-18(24)14(2)3)23-13-16(5)17-9-7-8-15(4)12-17;/h7-9,12,14,16H,6,10-11,13H2,1-5H3,(H,21,24)(H2,20,22,23);1H. The molecule has 3 N–H and O–H groups in total. The molecular formula is C19H33IN4O. The Morgan fingerprint density at radius 2 is 1.80 bits per heavy atom. The number of hydrogen-bond donors (Lipinski definition) is 3. The van der Waals surface area contributed by atoms with Gasteiger partial charge in [0.2, 0.25) is 5.91 Å². The molecule has 0 heterocycles. The molecule has 1 aromatic rings. The molecule has 1 aromatic carbocycles. The summed E-state index contributed by atoms with van der Waals surface area (Å²) in [5.74, 6) is 1.24. The number of aliphatic imine (C=N–C) groups is 1. The predicted molar refractivity (Wildman–Crippen MR) is 117 cm³/mol. The highest BCUT2D eigenvalue weighted by Gasteiger charge is 2.07. The Morgan fingerprint density at radius 3 is 2.40 bits per heavy atom. The highest BCUT2D eigenvalue weighted by atomic mass is 127. The lowest BCUT2D eigenvalue weighted by Gasteiger charge is -2.14. The molecule has 0 radical (unpaired) electrons. The number of carbonyl (C=O) groups is 1. The Labute approximate surface area is 169 Å². The zero-order valence-corrected chi connectivity index (χ0v) is 18.4. The number of aryl methyl sites for hydroxylation is 1. The van der Waals surface area contributed by atoms with Gasteiger partial charge in [-0.25, -0.2) is 0 Å². The van der Waals surface area contributed by atoms with Crippen LogP contribution in [0, 0.1) is 12.8 Å². The zero-order chi connectivity index (χ0) is 17.9. The average molecular weight is 460 g/mol. The van der Waals surface area contributed by atoms with Crippen LogP contribution in [-0.4, -0.2) is 38.0 Å². The van der Waals surface area contributed by atoms with Crippen molar-refractivity contribution in [1.29, 1.82) is 0 Å². The first-order valence-electron chi connectivity index (χ1n) is 8.80. The van der Waals surface area contributed by atoms with Crippen LogP contribution < -0.4 is 16.0 Å². The van der Waals surface area contributed by atoms with E-state index in [0.29, 0.717) is 19.0 Å². The van der Waals surface area contributed by atoms with Gasteiger partial charge in [0.05, 0.1) is 0 Å². The third kappa shape index (κ3) is 9.67. The number of carbonyl (C=O) groups excluding carboxylic acids is 1. The molecule has 25 heavy (non-hydrogen) atoms. The first-order chi connectivity index (χ1) is 11.4. The van der Waals surface area contributed by atoms with Crippen molar-refractivity contribution in [2.75, 3.05) is 26.2 Å². The average Bonchev–Trinajstić information content (AvgIpc) is 2.55. The van der Waals surface area contributed by atoms with E-state index in [1.54, 1.807) is 0 Å². The molecule has 0 aromatic heterocycles. The molecule has 0 saturated heterocycles. The Balaban J connectivity index is 0.00000576. The van der Waals surface area contributed by atoms with Gasteiger partial charge in [-0.3, -0.25) is 9.79 Å². The van der Waals surface area contributed by atoms with Crippen LogP contribution >= 0.6 is 24.0 Å². The number of nitrogens with zero attached hydrogens (tertiary/aromatic N) is 1. The number of rotatable bonds is 8. The second kappa shape index (κ2) is 13.0. The van der Waals surface area contributed by atoms with E-state index in [1.165, 1.54) is 11.1 Å². The van der Waals surface area contributed by atoms with E-state index < -0.39 is 0 Å². The van der Waals surface area contributed by atoms with Gasteiger partial charge in [0, 0.05) is 38.0 Å². The molecule has 0 spiro atoms. The molecule has 6 heteroatoms. The maximum Gasteiger partial charge on any atom is 0.222 e. The van der Waals surface area contributed by atoms with Crippen molar-refractivity contribution >= 4 is 35.8 Å². The summed E-state index contributed by atoms with van der Waals surface area (Å²) in [4.78, 5) is 16.2. The van der Waals surface area contributed by atoms with E-state index >= 15 is 0 Å². The molecule has 0 aliphatic rings. The van der Waals surface area contributed by atoms with Gasteiger partial charge >= 0.3 is 0 Å². The van der Waals surface area contributed by atoms with E-state index in [0.717, 1.165) is 19.0 Å². The van der Waals surface area contributed by atoms with Crippen molar-refractivity contribution in [2.45, 2.75) is 40.5 Å². The quantitative estimate of drug-likeness (QED) is 0.242. The van der Waals surface area contributed by atoms with Crippen molar-refractivity contribution in [3.8, 4) is 0 Å². The van der Waals surface area contributed by atoms with E-state index in [9.17, 15) is 4.79 Å². The Kier molecular flexibility index (Phi) is 12.3. The molecule has 1 rings (SSSR count). The van der Waals surface area contributed by atoms with Crippen molar-refractivity contribution in [3.63, 3.8) is 0 Å². The smallest absolute Gasteiger partial charge is 0.222 e. The second-order valence-corrected chi connectivity index (χ2v) is 6.41. The number of nitrogens with one attached hydrogen (secondary N) is 3. The summed E-state index contributed by atoms with van der Waals surface area (Å²) < 4.78 is 0. The first kappa shape index (κ1) is 23.7. The summed E-state index contributed by atoms with van der Waals surface area (Å²) >= 11 is 0. The van der Waals surface area contributed by atoms with E-state index in [2.05, 4.69) is 59.1 Å². The zero-order valence-electron chi connectivity index (χ0n) is 16.1. The fourth-order valence-electron chi connectivity index (χ4n) is 2.22. The molecule has 0 fully saturated rings. The van der Waals surface area contributed by atoms with Crippen LogP contribution in [0.2, 0.25) is 0 Å². The fourth-order valence-corrected chi connectivity index (χ4v) is 2.22. The Hall–Kier alpha value is -1.31. The fraction of sp³-hybridized carbons (Fsp3) is 0.579. The molecule has 0 bridgehead atoms. The lowest BCUT2D eigenvalue weighted by atomic mass is 10.00. The van der Waals surface area contributed by atoms with E-state index in [1.807, 2.05) is 20.8 Å². The number of benzene rings is 1. The Morgan fingerprint density at radius 1 is 1.12 bits per heavy atom. The number of guanidine groups is 1. The highest BCUT2D eigenvalue weighted by molar-refractivity contribution is 14.0. The van der Waals surface area contributed by atoms with Gasteiger partial charge in [-0.2, -0.15) is 0 Å². The first-order valence-corrected chi connectivity index (χ1v) is 8.80. The lowest BCUT2D eigenvalue weighted by molar-refractivity contribution is -0.123. The molecule has 0 saturated carbocycles. The second-order valence-electron chi connectivity index (χ2n) is 6.41. The number of amides is 1. The van der Waals surface area contributed by atoms with Crippen LogP contribution in [0.3, 0.4) is 0 Å². The van der Waals surface area contributed by atoms with Crippen molar-refractivity contribution in [1.82, 2.24) is 16.0 Å². The van der Waals surface area contributed by atoms with Gasteiger partial charge in [0.1, 0.15) is 0 Å². The van der Waals surface area contributed by atoms with Gasteiger partial charge in [-0.15, -0.1) is 24.0 Å². The van der Waals surface area contributed by atoms with Gasteiger partial charge in [-0.1, -0.05) is 50.6 Å². The predicted octanol–water partition coefficient (Wildman–Crippen LogP) is 3.04. The normalized spacial score (nSPS) is 12.3. The maximum absolute atomic E-state index is 11.5. The van der Waals surface area contributed by atoms with Crippen LogP contribution in [-0.2, 0) is 4.79 Å². The van der Waals surface area contributed by atoms with Gasteiger partial charge < -0.3 is 16.0 Å². The topological polar surface area (TPSA) is 65.5 Å². The van der Waals surface area contributed by atoms with E-state index in [-0.39, 0.29) is 35.8 Å². The number of hydrogen-bond acceptors (Lipinski definition) is 2. The summed E-state index contributed by atoms with van der Waals surface area (Å²) in [5, 5.41) is 9.39. The summed E-state index contributed by atoms with van der Waals surface area (Å²) in [5.41, 5.74) is 2.58. The highest BCUT2D eigenvalue weighted by Crippen LogP contribution is 2.16. The SMILES string of the molecule is CCNC(=NCC(C)c1cccc(C)c1)NCCNC(=O)C(C)C.I. The van der Waals surface area contributed by atoms with Crippen LogP contribution in [0.1, 0.15) is 44.7 Å². The van der Waals surface area contributed by atoms with Gasteiger partial charge in [0.25, 0.3) is 0 Å². The molecule has 0 aliphatic heterocycles. The largest absolute Gasteiger partial charge is 0.357 e. The summed E-state index contributed by atoms with van der Waals surface area (Å²) in [6.07, 6.45) is 0. The van der Waals surface area contributed by atoms with Crippen molar-refractivity contribution < 1.29 is 4.79 Å². The van der Waals surface area contributed by atoms with Gasteiger partial charge in [-0.05, 0) is 19.4 Å². The van der Waals surface area contributed by atoms with Crippen LogP contribution in [0.5, 0.6) is 0 Å².